The molecule has 0 aliphatic carbocycles. The Morgan fingerprint density at radius 3 is 2.79 bits per heavy atom. The molecular formula is C20H12BrFN4O2S. The van der Waals surface area contributed by atoms with E-state index in [1.807, 2.05) is 6.07 Å². The average molecular weight is 471 g/mol. The highest BCUT2D eigenvalue weighted by molar-refractivity contribution is 9.10. The lowest BCUT2D eigenvalue weighted by Crippen LogP contribution is -2.34. The fraction of sp³-hybridized carbons (Fsp3) is 0. The van der Waals surface area contributed by atoms with E-state index in [9.17, 15) is 9.18 Å². The van der Waals surface area contributed by atoms with E-state index in [0.717, 1.165) is 16.1 Å². The molecule has 2 aromatic carbocycles. The molecule has 4 rings (SSSR count). The molecule has 0 fully saturated rings. The van der Waals surface area contributed by atoms with Crippen LogP contribution in [0.15, 0.2) is 69.8 Å². The maximum atomic E-state index is 13.3. The second kappa shape index (κ2) is 8.06. The molecule has 0 saturated carbocycles. The van der Waals surface area contributed by atoms with Gasteiger partial charge in [0, 0.05) is 28.1 Å². The monoisotopic (exact) mass is 470 g/mol. The van der Waals surface area contributed by atoms with Crippen molar-refractivity contribution in [1.29, 1.82) is 0 Å². The molecule has 1 amide bonds. The summed E-state index contributed by atoms with van der Waals surface area (Å²) in [5.74, 6) is -0.564. The number of rotatable bonds is 3. The number of halogens is 2. The van der Waals surface area contributed by atoms with Crippen LogP contribution in [0, 0.1) is 5.82 Å². The summed E-state index contributed by atoms with van der Waals surface area (Å²) in [5, 5.41) is 5.51. The highest BCUT2D eigenvalue weighted by atomic mass is 79.9. The normalized spacial score (nSPS) is 10.7. The van der Waals surface area contributed by atoms with Crippen molar-refractivity contribution in [2.24, 2.45) is 0 Å². The van der Waals surface area contributed by atoms with Crippen LogP contribution < -0.4 is 10.6 Å². The molecule has 0 aliphatic rings. The summed E-state index contributed by atoms with van der Waals surface area (Å²) in [5.41, 5.74) is 2.75. The largest absolute Gasteiger partial charge is 0.436 e. The van der Waals surface area contributed by atoms with Crippen LogP contribution in [-0.4, -0.2) is 21.0 Å². The molecule has 0 aliphatic heterocycles. The fourth-order valence-electron chi connectivity index (χ4n) is 2.62. The lowest BCUT2D eigenvalue weighted by Gasteiger charge is -2.09. The summed E-state index contributed by atoms with van der Waals surface area (Å²) in [6.07, 6.45) is 3.33. The molecule has 0 saturated heterocycles. The Balaban J connectivity index is 1.49. The molecule has 144 valence electrons. The van der Waals surface area contributed by atoms with Gasteiger partial charge in [-0.3, -0.25) is 15.1 Å². The van der Waals surface area contributed by atoms with Crippen molar-refractivity contribution in [2.45, 2.75) is 0 Å². The van der Waals surface area contributed by atoms with Crippen LogP contribution in [0.25, 0.3) is 22.6 Å². The molecule has 0 bridgehead atoms. The Hall–Kier alpha value is -3.17. The van der Waals surface area contributed by atoms with Crippen LogP contribution in [-0.2, 0) is 0 Å². The highest BCUT2D eigenvalue weighted by Crippen LogP contribution is 2.27. The SMILES string of the molecule is O=C(NC(=S)Nc1ccc2oc(-c3cncc(Br)c3)nc2c1)c1cccc(F)c1. The third kappa shape index (κ3) is 4.47. The summed E-state index contributed by atoms with van der Waals surface area (Å²) in [6, 6.07) is 12.4. The van der Waals surface area contributed by atoms with Gasteiger partial charge in [0.2, 0.25) is 5.89 Å². The molecule has 0 unspecified atom stereocenters. The lowest BCUT2D eigenvalue weighted by molar-refractivity contribution is 0.0977. The Morgan fingerprint density at radius 2 is 2.00 bits per heavy atom. The first-order valence-corrected chi connectivity index (χ1v) is 9.57. The van der Waals surface area contributed by atoms with Crippen LogP contribution in [0.4, 0.5) is 10.1 Å². The number of hydrogen-bond acceptors (Lipinski definition) is 5. The summed E-state index contributed by atoms with van der Waals surface area (Å²) in [4.78, 5) is 20.7. The van der Waals surface area contributed by atoms with Crippen LogP contribution >= 0.6 is 28.1 Å². The van der Waals surface area contributed by atoms with Crippen molar-refractivity contribution in [1.82, 2.24) is 15.3 Å². The quantitative estimate of drug-likeness (QED) is 0.413. The van der Waals surface area contributed by atoms with Crippen LogP contribution in [0.5, 0.6) is 0 Å². The predicted octanol–water partition coefficient (Wildman–Crippen LogP) is 4.92. The minimum Gasteiger partial charge on any atom is -0.436 e. The summed E-state index contributed by atoms with van der Waals surface area (Å²) < 4.78 is 19.8. The topological polar surface area (TPSA) is 80.0 Å². The number of nitrogens with one attached hydrogen (secondary N) is 2. The number of pyridine rings is 1. The van der Waals surface area contributed by atoms with Gasteiger partial charge in [0.1, 0.15) is 11.3 Å². The highest BCUT2D eigenvalue weighted by Gasteiger charge is 2.12. The molecule has 2 N–H and O–H groups in total. The number of fused-ring (bicyclic) bond motifs is 1. The zero-order chi connectivity index (χ0) is 20.4. The summed E-state index contributed by atoms with van der Waals surface area (Å²) in [6.45, 7) is 0. The van der Waals surface area contributed by atoms with E-state index >= 15 is 0 Å². The van der Waals surface area contributed by atoms with E-state index < -0.39 is 11.7 Å². The number of aromatic nitrogens is 2. The van der Waals surface area contributed by atoms with Crippen molar-refractivity contribution in [3.63, 3.8) is 0 Å². The van der Waals surface area contributed by atoms with Crippen molar-refractivity contribution in [2.75, 3.05) is 5.32 Å². The van der Waals surface area contributed by atoms with Crippen LogP contribution in [0.1, 0.15) is 10.4 Å². The first-order chi connectivity index (χ1) is 14.0. The van der Waals surface area contributed by atoms with Crippen molar-refractivity contribution >= 4 is 56.0 Å². The van der Waals surface area contributed by atoms with E-state index in [0.29, 0.717) is 22.7 Å². The number of benzene rings is 2. The van der Waals surface area contributed by atoms with Gasteiger partial charge in [-0.05, 0) is 70.6 Å². The van der Waals surface area contributed by atoms with Gasteiger partial charge in [-0.25, -0.2) is 9.37 Å². The van der Waals surface area contributed by atoms with Gasteiger partial charge in [-0.15, -0.1) is 0 Å². The number of anilines is 1. The zero-order valence-corrected chi connectivity index (χ0v) is 17.1. The smallest absolute Gasteiger partial charge is 0.257 e. The zero-order valence-electron chi connectivity index (χ0n) is 14.6. The average Bonchev–Trinajstić information content (AvgIpc) is 3.11. The number of nitrogens with zero attached hydrogens (tertiary/aromatic N) is 2. The number of thiocarbonyl (C=S) groups is 1. The van der Waals surface area contributed by atoms with Crippen molar-refractivity contribution < 1.29 is 13.6 Å². The van der Waals surface area contributed by atoms with Crippen molar-refractivity contribution in [3.8, 4) is 11.5 Å². The molecular weight excluding hydrogens is 459 g/mol. The minimum atomic E-state index is -0.506. The number of amides is 1. The molecule has 29 heavy (non-hydrogen) atoms. The number of carbonyl (C=O) groups is 1. The van der Waals surface area contributed by atoms with Gasteiger partial charge in [0.15, 0.2) is 10.7 Å². The van der Waals surface area contributed by atoms with Gasteiger partial charge in [-0.2, -0.15) is 0 Å². The van der Waals surface area contributed by atoms with E-state index in [-0.39, 0.29) is 10.7 Å². The Morgan fingerprint density at radius 1 is 1.14 bits per heavy atom. The minimum absolute atomic E-state index is 0.0820. The molecule has 0 atom stereocenters. The first-order valence-electron chi connectivity index (χ1n) is 8.37. The molecule has 0 spiro atoms. The Kier molecular flexibility index (Phi) is 5.32. The van der Waals surface area contributed by atoms with E-state index in [2.05, 4.69) is 36.5 Å². The molecule has 2 aromatic heterocycles. The number of carbonyl (C=O) groups excluding carboxylic acids is 1. The number of oxazole rings is 1. The second-order valence-corrected chi connectivity index (χ2v) is 7.34. The van der Waals surface area contributed by atoms with Crippen LogP contribution in [0.3, 0.4) is 0 Å². The van der Waals surface area contributed by atoms with E-state index in [4.69, 9.17) is 16.6 Å². The third-order valence-corrected chi connectivity index (χ3v) is 4.55. The molecule has 4 aromatic rings. The number of hydrogen-bond donors (Lipinski definition) is 2. The first kappa shape index (κ1) is 19.2. The van der Waals surface area contributed by atoms with Gasteiger partial charge in [0.25, 0.3) is 5.91 Å². The van der Waals surface area contributed by atoms with E-state index in [1.165, 1.54) is 18.2 Å². The third-order valence-electron chi connectivity index (χ3n) is 3.91. The maximum Gasteiger partial charge on any atom is 0.257 e. The summed E-state index contributed by atoms with van der Waals surface area (Å²) in [7, 11) is 0. The van der Waals surface area contributed by atoms with Crippen molar-refractivity contribution in [3.05, 3.63) is 76.8 Å². The van der Waals surface area contributed by atoms with Gasteiger partial charge in [0.05, 0.1) is 5.56 Å². The van der Waals surface area contributed by atoms with Gasteiger partial charge < -0.3 is 9.73 Å². The fourth-order valence-corrected chi connectivity index (χ4v) is 3.20. The second-order valence-electron chi connectivity index (χ2n) is 6.01. The van der Waals surface area contributed by atoms with Gasteiger partial charge in [-0.1, -0.05) is 6.07 Å². The molecule has 2 heterocycles. The van der Waals surface area contributed by atoms with Gasteiger partial charge >= 0.3 is 0 Å². The molecule has 6 nitrogen and oxygen atoms in total. The maximum absolute atomic E-state index is 13.3. The molecule has 0 radical (unpaired) electrons. The standard InChI is InChI=1S/C20H12BrFN4O2S/c21-13-6-12(9-23-10-13)19-25-16-8-15(4-5-17(16)28-19)24-20(29)26-18(27)11-2-1-3-14(22)7-11/h1-10H,(H2,24,26,27,29). The Bertz CT molecular complexity index is 1240. The summed E-state index contributed by atoms with van der Waals surface area (Å²) >= 11 is 8.54. The van der Waals surface area contributed by atoms with Crippen LogP contribution in [0.2, 0.25) is 0 Å². The van der Waals surface area contributed by atoms with E-state index in [1.54, 1.807) is 30.6 Å². The molecule has 9 heteroatoms. The Labute approximate surface area is 178 Å². The lowest BCUT2D eigenvalue weighted by atomic mass is 10.2. The predicted molar refractivity (Wildman–Crippen MR) is 115 cm³/mol.